The lowest BCUT2D eigenvalue weighted by Gasteiger charge is -2.32. The molecule has 0 unspecified atom stereocenters. The van der Waals surface area contributed by atoms with Crippen LogP contribution < -0.4 is 10.1 Å². The molecule has 0 bridgehead atoms. The molecule has 0 aromatic heterocycles. The molecule has 0 aliphatic carbocycles. The van der Waals surface area contributed by atoms with Crippen LogP contribution in [-0.2, 0) is 11.3 Å². The lowest BCUT2D eigenvalue weighted by molar-refractivity contribution is -0.117. The van der Waals surface area contributed by atoms with Gasteiger partial charge in [0.25, 0.3) is 0 Å². The molecule has 0 radical (unpaired) electrons. The number of piperidine rings is 1. The molecule has 0 atom stereocenters. The van der Waals surface area contributed by atoms with Gasteiger partial charge in [0, 0.05) is 37.3 Å². The summed E-state index contributed by atoms with van der Waals surface area (Å²) in [6.45, 7) is 2.75. The number of ether oxygens (including phenoxy) is 1. The van der Waals surface area contributed by atoms with Crippen LogP contribution in [0.1, 0.15) is 24.0 Å². The second-order valence-corrected chi connectivity index (χ2v) is 7.69. The Hall–Kier alpha value is -2.01. The van der Waals surface area contributed by atoms with Gasteiger partial charge in [-0.2, -0.15) is 0 Å². The summed E-state index contributed by atoms with van der Waals surface area (Å²) in [5, 5.41) is 4.07. The highest BCUT2D eigenvalue weighted by Crippen LogP contribution is 2.23. The van der Waals surface area contributed by atoms with Crippen molar-refractivity contribution in [2.45, 2.75) is 25.4 Å². The molecular weight excluding hydrogens is 395 g/mol. The van der Waals surface area contributed by atoms with Crippen molar-refractivity contribution in [3.63, 3.8) is 0 Å². The number of hydrogen-bond acceptors (Lipinski definition) is 3. The van der Waals surface area contributed by atoms with E-state index in [1.807, 2.05) is 24.3 Å². The number of methoxy groups -OCH3 is 1. The zero-order valence-corrected chi connectivity index (χ0v) is 17.3. The van der Waals surface area contributed by atoms with Crippen LogP contribution in [0.3, 0.4) is 0 Å². The number of halogens is 2. The quantitative estimate of drug-likeness (QED) is 0.685. The highest BCUT2D eigenvalue weighted by molar-refractivity contribution is 6.42. The highest BCUT2D eigenvalue weighted by Gasteiger charge is 2.20. The van der Waals surface area contributed by atoms with E-state index in [4.69, 9.17) is 27.9 Å². The molecule has 1 aliphatic heterocycles. The largest absolute Gasteiger partial charge is 0.496 e. The SMILES string of the molecule is COc1ccccc1CN1CCC(NC(=O)C=Cc2ccc(Cl)c(Cl)c2)CC1. The Morgan fingerprint density at radius 3 is 2.64 bits per heavy atom. The number of nitrogens with one attached hydrogen (secondary N) is 1. The van der Waals surface area contributed by atoms with Crippen molar-refractivity contribution in [3.8, 4) is 5.75 Å². The van der Waals surface area contributed by atoms with E-state index in [1.165, 1.54) is 5.56 Å². The average Bonchev–Trinajstić information content (AvgIpc) is 2.71. The topological polar surface area (TPSA) is 41.6 Å². The summed E-state index contributed by atoms with van der Waals surface area (Å²) in [7, 11) is 1.70. The fourth-order valence-electron chi connectivity index (χ4n) is 3.35. The third-order valence-corrected chi connectivity index (χ3v) is 5.63. The summed E-state index contributed by atoms with van der Waals surface area (Å²) in [6.07, 6.45) is 5.15. The van der Waals surface area contributed by atoms with Gasteiger partial charge in [-0.25, -0.2) is 0 Å². The summed E-state index contributed by atoms with van der Waals surface area (Å²) in [6, 6.07) is 13.6. The first kappa shape index (κ1) is 20.7. The summed E-state index contributed by atoms with van der Waals surface area (Å²) < 4.78 is 5.43. The summed E-state index contributed by atoms with van der Waals surface area (Å²) in [5.41, 5.74) is 2.04. The van der Waals surface area contributed by atoms with Crippen LogP contribution in [0.2, 0.25) is 10.0 Å². The number of hydrogen-bond donors (Lipinski definition) is 1. The zero-order chi connectivity index (χ0) is 19.9. The van der Waals surface area contributed by atoms with Crippen LogP contribution in [0.15, 0.2) is 48.5 Å². The maximum absolute atomic E-state index is 12.2. The Balaban J connectivity index is 1.46. The number of carbonyl (C=O) groups is 1. The van der Waals surface area contributed by atoms with Crippen molar-refractivity contribution < 1.29 is 9.53 Å². The predicted molar refractivity (Wildman–Crippen MR) is 115 cm³/mol. The van der Waals surface area contributed by atoms with Gasteiger partial charge in [-0.3, -0.25) is 9.69 Å². The van der Waals surface area contributed by atoms with E-state index < -0.39 is 0 Å². The Bertz CT molecular complexity index is 846. The minimum atomic E-state index is -0.0887. The number of amides is 1. The maximum Gasteiger partial charge on any atom is 0.244 e. The molecule has 1 amide bonds. The third kappa shape index (κ3) is 5.74. The van der Waals surface area contributed by atoms with Crippen molar-refractivity contribution in [2.24, 2.45) is 0 Å². The van der Waals surface area contributed by atoms with Crippen molar-refractivity contribution in [3.05, 3.63) is 69.7 Å². The molecule has 3 rings (SSSR count). The molecule has 0 saturated carbocycles. The monoisotopic (exact) mass is 418 g/mol. The second-order valence-electron chi connectivity index (χ2n) is 6.88. The first-order chi connectivity index (χ1) is 13.5. The highest BCUT2D eigenvalue weighted by atomic mass is 35.5. The number of likely N-dealkylation sites (tertiary alicyclic amines) is 1. The minimum Gasteiger partial charge on any atom is -0.496 e. The predicted octanol–water partition coefficient (Wildman–Crippen LogP) is 4.80. The van der Waals surface area contributed by atoms with Gasteiger partial charge < -0.3 is 10.1 Å². The van der Waals surface area contributed by atoms with Crippen LogP contribution in [0, 0.1) is 0 Å². The first-order valence-corrected chi connectivity index (χ1v) is 10.1. The lowest BCUT2D eigenvalue weighted by Crippen LogP contribution is -2.43. The molecule has 1 fully saturated rings. The molecule has 4 nitrogen and oxygen atoms in total. The average molecular weight is 419 g/mol. The first-order valence-electron chi connectivity index (χ1n) is 9.33. The second kappa shape index (κ2) is 9.97. The molecule has 1 saturated heterocycles. The van der Waals surface area contributed by atoms with E-state index in [9.17, 15) is 4.79 Å². The van der Waals surface area contributed by atoms with E-state index in [-0.39, 0.29) is 11.9 Å². The number of nitrogens with zero attached hydrogens (tertiary/aromatic N) is 1. The molecule has 1 N–H and O–H groups in total. The Kier molecular flexibility index (Phi) is 7.37. The van der Waals surface area contributed by atoms with Gasteiger partial charge in [0.2, 0.25) is 5.91 Å². The Labute approximate surface area is 176 Å². The lowest BCUT2D eigenvalue weighted by atomic mass is 10.0. The smallest absolute Gasteiger partial charge is 0.244 e. The number of carbonyl (C=O) groups excluding carboxylic acids is 1. The van der Waals surface area contributed by atoms with Gasteiger partial charge in [-0.15, -0.1) is 0 Å². The summed E-state index contributed by atoms with van der Waals surface area (Å²) in [4.78, 5) is 14.6. The van der Waals surface area contributed by atoms with Crippen LogP contribution in [0.4, 0.5) is 0 Å². The summed E-state index contributed by atoms with van der Waals surface area (Å²) >= 11 is 11.9. The van der Waals surface area contributed by atoms with Crippen molar-refractivity contribution in [1.82, 2.24) is 10.2 Å². The van der Waals surface area contributed by atoms with Crippen LogP contribution in [0.25, 0.3) is 6.08 Å². The van der Waals surface area contributed by atoms with Crippen molar-refractivity contribution >= 4 is 35.2 Å². The normalized spacial score (nSPS) is 15.7. The van der Waals surface area contributed by atoms with E-state index in [0.717, 1.165) is 43.8 Å². The van der Waals surface area contributed by atoms with E-state index in [0.29, 0.717) is 10.0 Å². The van der Waals surface area contributed by atoms with Crippen molar-refractivity contribution in [1.29, 1.82) is 0 Å². The van der Waals surface area contributed by atoms with E-state index in [1.54, 1.807) is 31.4 Å². The Morgan fingerprint density at radius 1 is 1.18 bits per heavy atom. The molecule has 0 spiro atoms. The van der Waals surface area contributed by atoms with E-state index >= 15 is 0 Å². The number of rotatable bonds is 6. The molecule has 2 aromatic rings. The van der Waals surface area contributed by atoms with Crippen LogP contribution in [-0.4, -0.2) is 37.0 Å². The van der Waals surface area contributed by atoms with E-state index in [2.05, 4.69) is 16.3 Å². The van der Waals surface area contributed by atoms with Gasteiger partial charge >= 0.3 is 0 Å². The molecule has 1 heterocycles. The molecular formula is C22H24Cl2N2O2. The Morgan fingerprint density at radius 2 is 1.93 bits per heavy atom. The molecule has 148 valence electrons. The molecule has 28 heavy (non-hydrogen) atoms. The fraction of sp³-hybridized carbons (Fsp3) is 0.318. The summed E-state index contributed by atoms with van der Waals surface area (Å²) in [5.74, 6) is 0.833. The van der Waals surface area contributed by atoms with Gasteiger partial charge in [-0.05, 0) is 42.7 Å². The zero-order valence-electron chi connectivity index (χ0n) is 15.8. The molecule has 1 aliphatic rings. The van der Waals surface area contributed by atoms with Crippen molar-refractivity contribution in [2.75, 3.05) is 20.2 Å². The number of benzene rings is 2. The van der Waals surface area contributed by atoms with Crippen LogP contribution >= 0.6 is 23.2 Å². The van der Waals surface area contributed by atoms with Gasteiger partial charge in [-0.1, -0.05) is 47.5 Å². The van der Waals surface area contributed by atoms with Crippen LogP contribution in [0.5, 0.6) is 5.75 Å². The molecule has 2 aromatic carbocycles. The van der Waals surface area contributed by atoms with Gasteiger partial charge in [0.15, 0.2) is 0 Å². The van der Waals surface area contributed by atoms with Gasteiger partial charge in [0.05, 0.1) is 17.2 Å². The van der Waals surface area contributed by atoms with Gasteiger partial charge in [0.1, 0.15) is 5.75 Å². The third-order valence-electron chi connectivity index (χ3n) is 4.89. The maximum atomic E-state index is 12.2. The standard InChI is InChI=1S/C22H24Cl2N2O2/c1-28-21-5-3-2-4-17(21)15-26-12-10-18(11-13-26)25-22(27)9-7-16-6-8-19(23)20(24)14-16/h2-9,14,18H,10-13,15H2,1H3,(H,25,27). The fourth-order valence-corrected chi connectivity index (χ4v) is 3.65. The minimum absolute atomic E-state index is 0.0887. The number of para-hydroxylation sites is 1. The molecule has 6 heteroatoms.